The van der Waals surface area contributed by atoms with Gasteiger partial charge >= 0.3 is 5.97 Å². The number of ketones is 3. The van der Waals surface area contributed by atoms with Gasteiger partial charge in [-0.15, -0.1) is 0 Å². The molecule has 0 saturated carbocycles. The van der Waals surface area contributed by atoms with Crippen LogP contribution in [0.5, 0.6) is 5.75 Å². The van der Waals surface area contributed by atoms with E-state index in [0.29, 0.717) is 11.1 Å². The van der Waals surface area contributed by atoms with Crippen molar-refractivity contribution in [1.29, 1.82) is 0 Å². The zero-order valence-corrected chi connectivity index (χ0v) is 40.7. The molecule has 2 aromatic rings. The third kappa shape index (κ3) is 22.2. The third-order valence-corrected chi connectivity index (χ3v) is 14.3. The monoisotopic (exact) mass is 997 g/mol. The maximum Gasteiger partial charge on any atom is 0.306 e. The number of benzene rings is 2. The normalized spacial score (nSPS) is 19.7. The second-order valence-electron chi connectivity index (χ2n) is 17.5. The Morgan fingerprint density at radius 2 is 1.48 bits per heavy atom. The van der Waals surface area contributed by atoms with Crippen molar-refractivity contribution in [3.8, 4) is 5.75 Å². The molecule has 69 heavy (non-hydrogen) atoms. The summed E-state index contributed by atoms with van der Waals surface area (Å²) >= 11 is 0. The summed E-state index contributed by atoms with van der Waals surface area (Å²) in [6, 6.07) is 10.1. The van der Waals surface area contributed by atoms with Gasteiger partial charge in [0.25, 0.3) is 0 Å². The predicted molar refractivity (Wildman–Crippen MR) is 265 cm³/mol. The molecule has 16 N–H and O–H groups in total. The lowest BCUT2D eigenvalue weighted by molar-refractivity contribution is -0.144. The molecular weight excluding hydrogens is 931 g/mol. The van der Waals surface area contributed by atoms with Crippen LogP contribution in [0.3, 0.4) is 0 Å². The van der Waals surface area contributed by atoms with Gasteiger partial charge in [0.2, 0.25) is 23.6 Å². The highest BCUT2D eigenvalue weighted by Crippen LogP contribution is 2.37. The molecular formula is C46H67N11O10S2. The molecule has 4 amide bonds. The fraction of sp³-hybridized carbons (Fsp3) is 0.522. The maximum absolute atomic E-state index is 14.4. The number of hydrogen-bond acceptors (Lipinski definition) is 14. The molecule has 1 heterocycles. The minimum Gasteiger partial charge on any atom is -0.508 e. The van der Waals surface area contributed by atoms with Crippen LogP contribution in [0.1, 0.15) is 82.8 Å². The standard InChI is InChI=1S/C46H67N11O10S2/c1-46(2)26-54-40(63)24-35(57-42(65)32(47)20-28-12-14-31(58)15-13-28)36(59)16-17-39(62)55-34(21-27-8-4-3-5-9-27)38(61)23-30(25-68-69-46)41(64)56-33(11-7-19-53-45(50)51)37(60)22-29(43(66)67)10-6-18-52-44(48)49/h3-5,8-9,12-15,29-30,32-35,58H,6-7,10-11,16-26,47H2,1-2H3,(H,54,63)(H,55,62)(H,56,64)(H,57,65)(H,66,67)(H4,48,49,52)(H4,50,51,53). The second-order valence-corrected chi connectivity index (χ2v) is 20.5. The molecule has 1 saturated heterocycles. The van der Waals surface area contributed by atoms with Crippen LogP contribution in [-0.4, -0.2) is 123 Å². The Labute approximate surface area is 409 Å². The second kappa shape index (κ2) is 29.0. The Bertz CT molecular complexity index is 2140. The van der Waals surface area contributed by atoms with Gasteiger partial charge in [-0.25, -0.2) is 0 Å². The van der Waals surface area contributed by atoms with Gasteiger partial charge in [0.05, 0.1) is 42.4 Å². The Balaban J connectivity index is 1.91. The van der Waals surface area contributed by atoms with Crippen LogP contribution in [0.4, 0.5) is 0 Å². The van der Waals surface area contributed by atoms with Crippen LogP contribution in [0, 0.1) is 11.8 Å². The first kappa shape index (κ1) is 57.1. The predicted octanol–water partition coefficient (Wildman–Crippen LogP) is 0.331. The highest BCUT2D eigenvalue weighted by atomic mass is 33.1. The number of hydrogen-bond donors (Lipinski definition) is 11. The molecule has 3 rings (SSSR count). The van der Waals surface area contributed by atoms with Gasteiger partial charge in [-0.05, 0) is 75.6 Å². The van der Waals surface area contributed by atoms with E-state index in [0.717, 1.165) is 0 Å². The number of guanidine groups is 2. The number of rotatable bonds is 20. The Kier molecular flexibility index (Phi) is 24.0. The Morgan fingerprint density at radius 3 is 2.10 bits per heavy atom. The van der Waals surface area contributed by atoms with Crippen molar-refractivity contribution in [2.24, 2.45) is 50.5 Å². The van der Waals surface area contributed by atoms with Gasteiger partial charge < -0.3 is 60.1 Å². The number of nitrogens with one attached hydrogen (secondary N) is 4. The first-order chi connectivity index (χ1) is 32.6. The average Bonchev–Trinajstić information content (AvgIpc) is 3.29. The molecule has 21 nitrogen and oxygen atoms in total. The molecule has 378 valence electrons. The summed E-state index contributed by atoms with van der Waals surface area (Å²) in [6.07, 6.45) is -1.36. The van der Waals surface area contributed by atoms with E-state index in [4.69, 9.17) is 28.7 Å². The summed E-state index contributed by atoms with van der Waals surface area (Å²) in [5.41, 5.74) is 29.3. The van der Waals surface area contributed by atoms with Crippen LogP contribution in [0.15, 0.2) is 64.6 Å². The van der Waals surface area contributed by atoms with Gasteiger partial charge in [-0.3, -0.25) is 48.3 Å². The summed E-state index contributed by atoms with van der Waals surface area (Å²) in [6.45, 7) is 4.02. The van der Waals surface area contributed by atoms with E-state index in [1.807, 2.05) is 13.8 Å². The number of nitrogens with zero attached hydrogens (tertiary/aromatic N) is 2. The number of Topliss-reactive ketones (excluding diaryl/α,β-unsaturated/α-hetero) is 3. The largest absolute Gasteiger partial charge is 0.508 e. The van der Waals surface area contributed by atoms with Gasteiger partial charge in [0.1, 0.15) is 5.75 Å². The van der Waals surface area contributed by atoms with Crippen molar-refractivity contribution in [2.45, 2.75) is 113 Å². The molecule has 6 unspecified atom stereocenters. The van der Waals surface area contributed by atoms with Crippen LogP contribution in [-0.2, 0) is 51.2 Å². The summed E-state index contributed by atoms with van der Waals surface area (Å²) in [5.74, 6) is -7.96. The van der Waals surface area contributed by atoms with E-state index in [1.54, 1.807) is 42.5 Å². The number of carbonyl (C=O) groups is 8. The first-order valence-corrected chi connectivity index (χ1v) is 24.9. The number of aromatic hydroxyl groups is 1. The fourth-order valence-electron chi connectivity index (χ4n) is 7.11. The summed E-state index contributed by atoms with van der Waals surface area (Å²) < 4.78 is -0.688. The number of phenols is 1. The topological polar surface area (TPSA) is 380 Å². The van der Waals surface area contributed by atoms with E-state index in [2.05, 4.69) is 31.3 Å². The van der Waals surface area contributed by atoms with E-state index in [-0.39, 0.29) is 88.0 Å². The Hall–Kier alpha value is -6.20. The van der Waals surface area contributed by atoms with Gasteiger partial charge in [0.15, 0.2) is 29.3 Å². The SMILES string of the molecule is CC1(C)CNC(=O)CC(NC(=O)C(N)Cc2ccc(O)cc2)C(=O)CCC(=O)NC(Cc2ccccc2)C(=O)CC(C(=O)NC(CCCN=C(N)N)C(=O)CC(CCCN=C(N)N)C(=O)O)CSS1. The van der Waals surface area contributed by atoms with Crippen LogP contribution < -0.4 is 49.9 Å². The van der Waals surface area contributed by atoms with Gasteiger partial charge in [0, 0.05) is 55.8 Å². The summed E-state index contributed by atoms with van der Waals surface area (Å²) in [4.78, 5) is 117. The van der Waals surface area contributed by atoms with Crippen molar-refractivity contribution < 1.29 is 48.6 Å². The quantitative estimate of drug-likeness (QED) is 0.0368. The van der Waals surface area contributed by atoms with Crippen LogP contribution in [0.25, 0.3) is 0 Å². The molecule has 1 fully saturated rings. The van der Waals surface area contributed by atoms with Gasteiger partial charge in [-0.1, -0.05) is 64.1 Å². The molecule has 0 bridgehead atoms. The van der Waals surface area contributed by atoms with Crippen molar-refractivity contribution in [3.63, 3.8) is 0 Å². The molecule has 2 aromatic carbocycles. The zero-order valence-electron chi connectivity index (χ0n) is 39.0. The smallest absolute Gasteiger partial charge is 0.306 e. The minimum absolute atomic E-state index is 0.0325. The lowest BCUT2D eigenvalue weighted by atomic mass is 9.91. The number of phenolic OH excluding ortho intramolecular Hbond substituents is 1. The molecule has 0 spiro atoms. The number of amides is 4. The number of carboxylic acids is 1. The number of carboxylic acid groups (broad SMARTS) is 1. The highest BCUT2D eigenvalue weighted by molar-refractivity contribution is 8.77. The molecule has 0 radical (unpaired) electrons. The fourth-order valence-corrected chi connectivity index (χ4v) is 9.90. The van der Waals surface area contributed by atoms with Crippen LogP contribution in [0.2, 0.25) is 0 Å². The number of nitrogens with two attached hydrogens (primary N) is 5. The Morgan fingerprint density at radius 1 is 0.841 bits per heavy atom. The molecule has 1 aliphatic heterocycles. The van der Waals surface area contributed by atoms with E-state index < -0.39 is 113 Å². The van der Waals surface area contributed by atoms with Crippen molar-refractivity contribution in [1.82, 2.24) is 21.3 Å². The summed E-state index contributed by atoms with van der Waals surface area (Å²) in [5, 5.41) is 30.5. The average molecular weight is 998 g/mol. The van der Waals surface area contributed by atoms with Crippen molar-refractivity contribution in [3.05, 3.63) is 65.7 Å². The maximum atomic E-state index is 14.4. The van der Waals surface area contributed by atoms with E-state index >= 15 is 0 Å². The lowest BCUT2D eigenvalue weighted by Gasteiger charge is -2.27. The third-order valence-electron chi connectivity index (χ3n) is 11.0. The molecule has 23 heteroatoms. The molecule has 0 aliphatic carbocycles. The number of aliphatic imine (C=N–C) groups is 2. The highest BCUT2D eigenvalue weighted by Gasteiger charge is 2.34. The molecule has 1 aliphatic rings. The van der Waals surface area contributed by atoms with Gasteiger partial charge in [-0.2, -0.15) is 0 Å². The number of aliphatic carboxylic acids is 1. The first-order valence-electron chi connectivity index (χ1n) is 22.6. The number of carbonyl (C=O) groups excluding carboxylic acids is 7. The summed E-state index contributed by atoms with van der Waals surface area (Å²) in [7, 11) is 2.55. The van der Waals surface area contributed by atoms with E-state index in [1.165, 1.54) is 33.7 Å². The van der Waals surface area contributed by atoms with E-state index in [9.17, 15) is 48.6 Å². The lowest BCUT2D eigenvalue weighted by Crippen LogP contribution is -2.51. The van der Waals surface area contributed by atoms with Crippen molar-refractivity contribution in [2.75, 3.05) is 25.4 Å². The van der Waals surface area contributed by atoms with Crippen LogP contribution >= 0.6 is 21.6 Å². The minimum atomic E-state index is -1.34. The molecule has 6 atom stereocenters. The zero-order chi connectivity index (χ0) is 51.1. The van der Waals surface area contributed by atoms with Crippen molar-refractivity contribution >= 4 is 80.5 Å². The molecule has 0 aromatic heterocycles.